The Morgan fingerprint density at radius 2 is 2.31 bits per heavy atom. The first-order valence-electron chi connectivity index (χ1n) is 4.24. The van der Waals surface area contributed by atoms with Crippen LogP contribution < -0.4 is 0 Å². The Morgan fingerprint density at radius 3 is 3.00 bits per heavy atom. The first-order valence-corrected chi connectivity index (χ1v) is 4.77. The minimum Gasteiger partial charge on any atom is -0.286 e. The predicted molar refractivity (Wildman–Crippen MR) is 51.9 cm³/mol. The molecule has 0 atom stereocenters. The van der Waals surface area contributed by atoms with Gasteiger partial charge in [0.2, 0.25) is 0 Å². The van der Waals surface area contributed by atoms with E-state index in [1.54, 1.807) is 0 Å². The third kappa shape index (κ3) is 1.29. The van der Waals surface area contributed by atoms with Crippen LogP contribution >= 0.6 is 11.6 Å². The van der Waals surface area contributed by atoms with Gasteiger partial charge in [0.15, 0.2) is 5.65 Å². The van der Waals surface area contributed by atoms with Crippen LogP contribution in [0.1, 0.15) is 18.3 Å². The summed E-state index contributed by atoms with van der Waals surface area (Å²) in [6.07, 6.45) is 2.84. The highest BCUT2D eigenvalue weighted by molar-refractivity contribution is 6.17. The van der Waals surface area contributed by atoms with Gasteiger partial charge in [-0.3, -0.25) is 4.40 Å². The van der Waals surface area contributed by atoms with Crippen LogP contribution in [-0.2, 0) is 12.3 Å². The highest BCUT2D eigenvalue weighted by Crippen LogP contribution is 2.12. The van der Waals surface area contributed by atoms with Gasteiger partial charge < -0.3 is 0 Å². The molecule has 0 saturated heterocycles. The summed E-state index contributed by atoms with van der Waals surface area (Å²) in [5.74, 6) is 1.45. The van der Waals surface area contributed by atoms with Crippen LogP contribution in [0.5, 0.6) is 0 Å². The minimum absolute atomic E-state index is 0.478. The van der Waals surface area contributed by atoms with Crippen LogP contribution in [0.2, 0.25) is 0 Å². The molecule has 0 aliphatic carbocycles. The number of nitrogens with zero attached hydrogens (tertiary/aromatic N) is 3. The highest BCUT2D eigenvalue weighted by Gasteiger charge is 2.05. The van der Waals surface area contributed by atoms with Crippen molar-refractivity contribution in [3.63, 3.8) is 0 Å². The lowest BCUT2D eigenvalue weighted by Crippen LogP contribution is -1.93. The van der Waals surface area contributed by atoms with Gasteiger partial charge >= 0.3 is 0 Å². The number of alkyl halides is 1. The zero-order valence-corrected chi connectivity index (χ0v) is 8.12. The highest BCUT2D eigenvalue weighted by atomic mass is 35.5. The molecule has 0 fully saturated rings. The Labute approximate surface area is 81.4 Å². The molecule has 2 heterocycles. The number of rotatable bonds is 2. The molecule has 68 valence electrons. The summed E-state index contributed by atoms with van der Waals surface area (Å²) in [6.45, 7) is 2.06. The molecule has 2 aromatic heterocycles. The fourth-order valence-electron chi connectivity index (χ4n) is 1.36. The molecule has 0 spiro atoms. The largest absolute Gasteiger partial charge is 0.286 e. The molecular weight excluding hydrogens is 186 g/mol. The van der Waals surface area contributed by atoms with Crippen molar-refractivity contribution in [1.82, 2.24) is 14.6 Å². The van der Waals surface area contributed by atoms with Crippen molar-refractivity contribution in [3.8, 4) is 0 Å². The van der Waals surface area contributed by atoms with E-state index in [0.29, 0.717) is 5.88 Å². The Morgan fingerprint density at radius 1 is 1.46 bits per heavy atom. The quantitative estimate of drug-likeness (QED) is 0.687. The Hall–Kier alpha value is -1.09. The van der Waals surface area contributed by atoms with Gasteiger partial charge in [-0.2, -0.15) is 0 Å². The van der Waals surface area contributed by atoms with Crippen molar-refractivity contribution in [3.05, 3.63) is 29.7 Å². The lowest BCUT2D eigenvalue weighted by molar-refractivity contribution is 0.909. The van der Waals surface area contributed by atoms with Gasteiger partial charge in [0, 0.05) is 18.2 Å². The first kappa shape index (κ1) is 8.51. The van der Waals surface area contributed by atoms with Crippen LogP contribution in [0.15, 0.2) is 18.3 Å². The molecule has 0 bridgehead atoms. The molecule has 0 N–H and O–H groups in total. The van der Waals surface area contributed by atoms with Crippen LogP contribution in [0.4, 0.5) is 0 Å². The molecule has 0 unspecified atom stereocenters. The first-order chi connectivity index (χ1) is 6.36. The number of halogens is 1. The molecule has 0 aliphatic rings. The summed E-state index contributed by atoms with van der Waals surface area (Å²) in [5, 5.41) is 8.17. The van der Waals surface area contributed by atoms with E-state index < -0.39 is 0 Å². The van der Waals surface area contributed by atoms with Crippen molar-refractivity contribution >= 4 is 17.2 Å². The number of aryl methyl sites for hydroxylation is 1. The van der Waals surface area contributed by atoms with Crippen molar-refractivity contribution < 1.29 is 0 Å². The maximum atomic E-state index is 5.78. The Balaban J connectivity index is 2.72. The lowest BCUT2D eigenvalue weighted by atomic mass is 10.3. The van der Waals surface area contributed by atoms with Crippen LogP contribution in [0, 0.1) is 0 Å². The molecule has 0 saturated carbocycles. The van der Waals surface area contributed by atoms with Crippen LogP contribution in [0.3, 0.4) is 0 Å². The van der Waals surface area contributed by atoms with E-state index in [9.17, 15) is 0 Å². The standard InChI is InChI=1S/C9H10ClN3/c1-2-8-11-12-9-7(6-10)4-3-5-13(8)9/h3-5H,2,6H2,1H3. The summed E-state index contributed by atoms with van der Waals surface area (Å²) in [4.78, 5) is 0. The van der Waals surface area contributed by atoms with Gasteiger partial charge in [0.05, 0.1) is 5.88 Å². The summed E-state index contributed by atoms with van der Waals surface area (Å²) >= 11 is 5.78. The Kier molecular flexibility index (Phi) is 2.19. The molecule has 4 heteroatoms. The lowest BCUT2D eigenvalue weighted by Gasteiger charge is -1.98. The summed E-state index contributed by atoms with van der Waals surface area (Å²) < 4.78 is 1.98. The van der Waals surface area contributed by atoms with E-state index in [4.69, 9.17) is 11.6 Å². The number of hydrogen-bond donors (Lipinski definition) is 0. The van der Waals surface area contributed by atoms with Gasteiger partial charge in [0.1, 0.15) is 5.82 Å². The SMILES string of the molecule is CCc1nnc2c(CCl)cccn12. The molecule has 2 rings (SSSR count). The second-order valence-electron chi connectivity index (χ2n) is 2.83. The summed E-state index contributed by atoms with van der Waals surface area (Å²) in [5.41, 5.74) is 1.89. The molecular formula is C9H10ClN3. The minimum atomic E-state index is 0.478. The second kappa shape index (κ2) is 3.34. The zero-order chi connectivity index (χ0) is 9.26. The van der Waals surface area contributed by atoms with Gasteiger partial charge in [-0.1, -0.05) is 13.0 Å². The Bertz CT molecular complexity index is 422. The van der Waals surface area contributed by atoms with Crippen LogP contribution in [0.25, 0.3) is 5.65 Å². The molecule has 0 aromatic carbocycles. The maximum Gasteiger partial charge on any atom is 0.165 e. The maximum absolute atomic E-state index is 5.78. The predicted octanol–water partition coefficient (Wildman–Crippen LogP) is 2.03. The van der Waals surface area contributed by atoms with E-state index in [1.807, 2.05) is 22.7 Å². The monoisotopic (exact) mass is 195 g/mol. The molecule has 2 aromatic rings. The van der Waals surface area contributed by atoms with Gasteiger partial charge in [-0.05, 0) is 6.07 Å². The van der Waals surface area contributed by atoms with Crippen LogP contribution in [-0.4, -0.2) is 14.6 Å². The summed E-state index contributed by atoms with van der Waals surface area (Å²) in [7, 11) is 0. The van der Waals surface area contributed by atoms with Crippen molar-refractivity contribution in [2.45, 2.75) is 19.2 Å². The van der Waals surface area contributed by atoms with E-state index in [1.165, 1.54) is 0 Å². The van der Waals surface area contributed by atoms with Gasteiger partial charge in [0.25, 0.3) is 0 Å². The van der Waals surface area contributed by atoms with Gasteiger partial charge in [-0.15, -0.1) is 21.8 Å². The van der Waals surface area contributed by atoms with Crippen molar-refractivity contribution in [2.75, 3.05) is 0 Å². The number of pyridine rings is 1. The second-order valence-corrected chi connectivity index (χ2v) is 3.10. The molecule has 0 amide bonds. The van der Waals surface area contributed by atoms with Crippen molar-refractivity contribution in [2.24, 2.45) is 0 Å². The third-order valence-electron chi connectivity index (χ3n) is 2.05. The number of hydrogen-bond acceptors (Lipinski definition) is 2. The third-order valence-corrected chi connectivity index (χ3v) is 2.33. The fraction of sp³-hybridized carbons (Fsp3) is 0.333. The average molecular weight is 196 g/mol. The van der Waals surface area contributed by atoms with Gasteiger partial charge in [-0.25, -0.2) is 0 Å². The zero-order valence-electron chi connectivity index (χ0n) is 7.37. The topological polar surface area (TPSA) is 30.2 Å². The van der Waals surface area contributed by atoms with E-state index in [2.05, 4.69) is 17.1 Å². The van der Waals surface area contributed by atoms with E-state index in [-0.39, 0.29) is 0 Å². The smallest absolute Gasteiger partial charge is 0.165 e. The fourth-order valence-corrected chi connectivity index (χ4v) is 1.57. The molecule has 0 radical (unpaired) electrons. The number of aromatic nitrogens is 3. The molecule has 3 nitrogen and oxygen atoms in total. The normalized spacial score (nSPS) is 10.9. The van der Waals surface area contributed by atoms with E-state index in [0.717, 1.165) is 23.5 Å². The number of fused-ring (bicyclic) bond motifs is 1. The van der Waals surface area contributed by atoms with E-state index >= 15 is 0 Å². The van der Waals surface area contributed by atoms with Crippen molar-refractivity contribution in [1.29, 1.82) is 0 Å². The summed E-state index contributed by atoms with van der Waals surface area (Å²) in [6, 6.07) is 3.93. The average Bonchev–Trinajstić information content (AvgIpc) is 2.60. The molecule has 0 aliphatic heterocycles. The molecule has 13 heavy (non-hydrogen) atoms.